The third-order valence-corrected chi connectivity index (χ3v) is 7.69. The van der Waals surface area contributed by atoms with E-state index in [4.69, 9.17) is 0 Å². The van der Waals surface area contributed by atoms with Gasteiger partial charge in [0.2, 0.25) is 0 Å². The van der Waals surface area contributed by atoms with E-state index >= 15 is 0 Å². The number of nitrogens with one attached hydrogen (secondary N) is 1. The standard InChI is InChI=1S/C22H21F3N2O3S/c1-27-9-8-15-11-16(4-7-20(15)27)21(28)26-12-17-3-2-14(10-19(17)22(23,24)25)13-31(29,30)18-5-6-18/h2-4,7-11,18H,5-6,12-13H2,1H3,(H,26,28). The first-order valence-corrected chi connectivity index (χ1v) is 11.5. The number of hydrogen-bond acceptors (Lipinski definition) is 3. The molecule has 1 heterocycles. The molecule has 1 saturated carbocycles. The summed E-state index contributed by atoms with van der Waals surface area (Å²) in [6, 6.07) is 10.4. The monoisotopic (exact) mass is 450 g/mol. The topological polar surface area (TPSA) is 68.2 Å². The van der Waals surface area contributed by atoms with Gasteiger partial charge in [0.1, 0.15) is 0 Å². The number of halogens is 3. The smallest absolute Gasteiger partial charge is 0.351 e. The molecule has 9 heteroatoms. The first-order valence-electron chi connectivity index (χ1n) is 9.78. The second kappa shape index (κ2) is 7.71. The van der Waals surface area contributed by atoms with Crippen LogP contribution in [0, 0.1) is 0 Å². The third-order valence-electron chi connectivity index (χ3n) is 5.47. The lowest BCUT2D eigenvalue weighted by atomic mass is 10.0. The molecular formula is C22H21F3N2O3S. The van der Waals surface area contributed by atoms with Crippen molar-refractivity contribution in [3.05, 3.63) is 70.9 Å². The first-order chi connectivity index (χ1) is 14.5. The fourth-order valence-electron chi connectivity index (χ4n) is 3.61. The molecule has 1 aromatic heterocycles. The number of carbonyl (C=O) groups is 1. The number of sulfone groups is 1. The summed E-state index contributed by atoms with van der Waals surface area (Å²) in [5, 5.41) is 2.94. The summed E-state index contributed by atoms with van der Waals surface area (Å²) < 4.78 is 66.9. The van der Waals surface area contributed by atoms with Gasteiger partial charge in [0.15, 0.2) is 9.84 Å². The summed E-state index contributed by atoms with van der Waals surface area (Å²) in [5.41, 5.74) is 0.333. The van der Waals surface area contributed by atoms with Crippen LogP contribution in [0.1, 0.15) is 39.9 Å². The zero-order chi connectivity index (χ0) is 22.4. The molecule has 0 saturated heterocycles. The van der Waals surface area contributed by atoms with Gasteiger partial charge in [0.05, 0.1) is 16.6 Å². The fourth-order valence-corrected chi connectivity index (χ4v) is 5.34. The van der Waals surface area contributed by atoms with E-state index < -0.39 is 38.5 Å². The number of alkyl halides is 3. The number of rotatable bonds is 6. The maximum Gasteiger partial charge on any atom is 0.416 e. The average Bonchev–Trinajstić information content (AvgIpc) is 3.50. The van der Waals surface area contributed by atoms with Crippen LogP contribution in [-0.2, 0) is 35.4 Å². The van der Waals surface area contributed by atoms with Crippen LogP contribution >= 0.6 is 0 Å². The number of amides is 1. The number of aryl methyl sites for hydroxylation is 1. The van der Waals surface area contributed by atoms with E-state index in [1.54, 1.807) is 18.2 Å². The van der Waals surface area contributed by atoms with E-state index in [0.29, 0.717) is 18.4 Å². The van der Waals surface area contributed by atoms with Crippen LogP contribution in [-0.4, -0.2) is 24.1 Å². The van der Waals surface area contributed by atoms with Crippen molar-refractivity contribution in [2.24, 2.45) is 7.05 Å². The van der Waals surface area contributed by atoms with E-state index in [1.807, 2.05) is 23.9 Å². The highest BCUT2D eigenvalue weighted by Crippen LogP contribution is 2.35. The Bertz CT molecular complexity index is 1260. The Kier molecular flexibility index (Phi) is 5.33. The van der Waals surface area contributed by atoms with E-state index in [2.05, 4.69) is 5.32 Å². The van der Waals surface area contributed by atoms with E-state index in [1.165, 1.54) is 12.1 Å². The van der Waals surface area contributed by atoms with Crippen LogP contribution in [0.2, 0.25) is 0 Å². The van der Waals surface area contributed by atoms with Crippen LogP contribution in [0.15, 0.2) is 48.7 Å². The predicted octanol–water partition coefficient (Wildman–Crippen LogP) is 4.20. The minimum absolute atomic E-state index is 0.101. The van der Waals surface area contributed by atoms with Crippen molar-refractivity contribution in [2.75, 3.05) is 0 Å². The van der Waals surface area contributed by atoms with Gasteiger partial charge in [-0.15, -0.1) is 0 Å². The lowest BCUT2D eigenvalue weighted by Gasteiger charge is -2.15. The first kappa shape index (κ1) is 21.4. The molecule has 1 fully saturated rings. The Morgan fingerprint density at radius 3 is 2.55 bits per heavy atom. The van der Waals surface area contributed by atoms with Crippen molar-refractivity contribution >= 4 is 26.6 Å². The molecule has 1 aliphatic carbocycles. The molecule has 164 valence electrons. The van der Waals surface area contributed by atoms with Gasteiger partial charge in [-0.05, 0) is 54.3 Å². The van der Waals surface area contributed by atoms with Gasteiger partial charge in [-0.2, -0.15) is 13.2 Å². The van der Waals surface area contributed by atoms with Gasteiger partial charge >= 0.3 is 6.18 Å². The second-order valence-electron chi connectivity index (χ2n) is 7.88. The maximum absolute atomic E-state index is 13.6. The van der Waals surface area contributed by atoms with Crippen LogP contribution in [0.4, 0.5) is 13.2 Å². The Balaban J connectivity index is 1.53. The molecule has 1 amide bonds. The molecule has 0 bridgehead atoms. The summed E-state index contributed by atoms with van der Waals surface area (Å²) in [4.78, 5) is 12.5. The van der Waals surface area contributed by atoms with Gasteiger partial charge in [-0.25, -0.2) is 8.42 Å². The number of carbonyl (C=O) groups excluding carboxylic acids is 1. The lowest BCUT2D eigenvalue weighted by Crippen LogP contribution is -2.24. The summed E-state index contributed by atoms with van der Waals surface area (Å²) in [6.45, 7) is -0.323. The van der Waals surface area contributed by atoms with Gasteiger partial charge in [0, 0.05) is 36.3 Å². The summed E-state index contributed by atoms with van der Waals surface area (Å²) in [7, 11) is -1.56. The normalized spacial score (nSPS) is 14.7. The predicted molar refractivity (Wildman–Crippen MR) is 111 cm³/mol. The highest BCUT2D eigenvalue weighted by molar-refractivity contribution is 7.91. The molecular weight excluding hydrogens is 429 g/mol. The minimum atomic E-state index is -4.66. The molecule has 4 rings (SSSR count). The van der Waals surface area contributed by atoms with Gasteiger partial charge in [-0.3, -0.25) is 4.79 Å². The molecule has 0 spiro atoms. The highest BCUT2D eigenvalue weighted by Gasteiger charge is 2.37. The molecule has 0 aliphatic heterocycles. The number of fused-ring (bicyclic) bond motifs is 1. The van der Waals surface area contributed by atoms with Gasteiger partial charge in [-0.1, -0.05) is 12.1 Å². The molecule has 31 heavy (non-hydrogen) atoms. The molecule has 3 aromatic rings. The third kappa shape index (κ3) is 4.61. The zero-order valence-electron chi connectivity index (χ0n) is 16.7. The van der Waals surface area contributed by atoms with Crippen LogP contribution in [0.5, 0.6) is 0 Å². The van der Waals surface area contributed by atoms with Crippen molar-refractivity contribution in [2.45, 2.75) is 36.6 Å². The van der Waals surface area contributed by atoms with E-state index in [0.717, 1.165) is 17.0 Å². The number of nitrogens with zero attached hydrogens (tertiary/aromatic N) is 1. The van der Waals surface area contributed by atoms with Crippen molar-refractivity contribution in [1.82, 2.24) is 9.88 Å². The van der Waals surface area contributed by atoms with Gasteiger partial charge < -0.3 is 9.88 Å². The van der Waals surface area contributed by atoms with Crippen LogP contribution in [0.3, 0.4) is 0 Å². The summed E-state index contributed by atoms with van der Waals surface area (Å²) >= 11 is 0. The summed E-state index contributed by atoms with van der Waals surface area (Å²) in [6.07, 6.45) is -1.68. The van der Waals surface area contributed by atoms with Crippen LogP contribution in [0.25, 0.3) is 10.9 Å². The van der Waals surface area contributed by atoms with Crippen molar-refractivity contribution in [3.8, 4) is 0 Å². The second-order valence-corrected chi connectivity index (χ2v) is 10.2. The molecule has 0 atom stereocenters. The number of aromatic nitrogens is 1. The van der Waals surface area contributed by atoms with Crippen LogP contribution < -0.4 is 5.32 Å². The SMILES string of the molecule is Cn1ccc2cc(C(=O)NCc3ccc(CS(=O)(=O)C4CC4)cc3C(F)(F)F)ccc21. The van der Waals surface area contributed by atoms with Gasteiger partial charge in [0.25, 0.3) is 5.91 Å². The van der Waals surface area contributed by atoms with E-state index in [9.17, 15) is 26.4 Å². The molecule has 5 nitrogen and oxygen atoms in total. The molecule has 0 unspecified atom stereocenters. The van der Waals surface area contributed by atoms with Crippen molar-refractivity contribution in [1.29, 1.82) is 0 Å². The Morgan fingerprint density at radius 2 is 1.87 bits per heavy atom. The average molecular weight is 450 g/mol. The highest BCUT2D eigenvalue weighted by atomic mass is 32.2. The molecule has 1 aliphatic rings. The Labute approximate surface area is 177 Å². The number of benzene rings is 2. The minimum Gasteiger partial charge on any atom is -0.351 e. The van der Waals surface area contributed by atoms with Crippen molar-refractivity contribution < 1.29 is 26.4 Å². The molecule has 1 N–H and O–H groups in total. The molecule has 2 aromatic carbocycles. The number of hydrogen-bond donors (Lipinski definition) is 1. The fraction of sp³-hybridized carbons (Fsp3) is 0.318. The lowest BCUT2D eigenvalue weighted by molar-refractivity contribution is -0.138. The summed E-state index contributed by atoms with van der Waals surface area (Å²) in [5.74, 6) is -0.899. The maximum atomic E-state index is 13.6. The largest absolute Gasteiger partial charge is 0.416 e. The zero-order valence-corrected chi connectivity index (χ0v) is 17.6. The quantitative estimate of drug-likeness (QED) is 0.612. The van der Waals surface area contributed by atoms with Crippen molar-refractivity contribution in [3.63, 3.8) is 0 Å². The van der Waals surface area contributed by atoms with E-state index in [-0.39, 0.29) is 17.7 Å². The molecule has 0 radical (unpaired) electrons. The Morgan fingerprint density at radius 1 is 1.13 bits per heavy atom. The Hall–Kier alpha value is -2.81.